The molecule has 1 saturated carbocycles. The number of carbonyl (C=O) groups is 2. The van der Waals surface area contributed by atoms with Crippen molar-refractivity contribution in [3.63, 3.8) is 0 Å². The molecule has 3 rings (SSSR count). The summed E-state index contributed by atoms with van der Waals surface area (Å²) in [5, 5.41) is 8.91. The number of aromatic carboxylic acids is 1. The van der Waals surface area contributed by atoms with Crippen molar-refractivity contribution in [2.45, 2.75) is 19.4 Å². The van der Waals surface area contributed by atoms with E-state index in [0.717, 1.165) is 50.4 Å². The normalized spacial score (nSPS) is 20.1. The van der Waals surface area contributed by atoms with Gasteiger partial charge in [-0.25, -0.2) is 4.79 Å². The van der Waals surface area contributed by atoms with E-state index in [9.17, 15) is 9.59 Å². The van der Waals surface area contributed by atoms with Gasteiger partial charge in [0.1, 0.15) is 4.88 Å². The molecule has 2 aliphatic rings. The molecule has 2 heterocycles. The number of hydrogen-bond acceptors (Lipinski definition) is 4. The van der Waals surface area contributed by atoms with E-state index in [1.54, 1.807) is 6.07 Å². The van der Waals surface area contributed by atoms with Gasteiger partial charge in [0.25, 0.3) is 0 Å². The lowest BCUT2D eigenvalue weighted by Gasteiger charge is -2.34. The molecule has 0 bridgehead atoms. The number of carbonyl (C=O) groups excluding carboxylic acids is 1. The van der Waals surface area contributed by atoms with Crippen LogP contribution >= 0.6 is 11.3 Å². The standard InChI is InChI=1S/C14H18N2O3S/c17-13(10-1-2-10)16-7-5-15(6-8-16)9-11-3-4-12(20-11)14(18)19/h3-4,10H,1-2,5-9H2,(H,18,19). The van der Waals surface area contributed by atoms with Crippen LogP contribution in [0.15, 0.2) is 12.1 Å². The van der Waals surface area contributed by atoms with E-state index in [2.05, 4.69) is 4.90 Å². The van der Waals surface area contributed by atoms with E-state index in [1.165, 1.54) is 11.3 Å². The number of nitrogens with zero attached hydrogens (tertiary/aromatic N) is 2. The minimum atomic E-state index is -0.860. The van der Waals surface area contributed by atoms with Gasteiger partial charge in [-0.15, -0.1) is 11.3 Å². The molecule has 2 fully saturated rings. The van der Waals surface area contributed by atoms with E-state index >= 15 is 0 Å². The average molecular weight is 294 g/mol. The van der Waals surface area contributed by atoms with Crippen molar-refractivity contribution < 1.29 is 14.7 Å². The lowest BCUT2D eigenvalue weighted by atomic mass is 10.2. The Morgan fingerprint density at radius 2 is 1.90 bits per heavy atom. The van der Waals surface area contributed by atoms with Gasteiger partial charge < -0.3 is 10.0 Å². The zero-order valence-corrected chi connectivity index (χ0v) is 12.1. The van der Waals surface area contributed by atoms with Gasteiger partial charge in [0.05, 0.1) is 0 Å². The van der Waals surface area contributed by atoms with Crippen molar-refractivity contribution >= 4 is 23.2 Å². The number of thiophene rings is 1. The van der Waals surface area contributed by atoms with Crippen LogP contribution in [0.25, 0.3) is 0 Å². The summed E-state index contributed by atoms with van der Waals surface area (Å²) in [4.78, 5) is 28.5. The molecule has 0 unspecified atom stereocenters. The Kier molecular flexibility index (Phi) is 3.76. The van der Waals surface area contributed by atoms with Crippen molar-refractivity contribution in [2.24, 2.45) is 5.92 Å². The lowest BCUT2D eigenvalue weighted by molar-refractivity contribution is -0.134. The van der Waals surface area contributed by atoms with Crippen LogP contribution in [-0.2, 0) is 11.3 Å². The van der Waals surface area contributed by atoms with Gasteiger partial charge in [-0.2, -0.15) is 0 Å². The SMILES string of the molecule is O=C(O)c1ccc(CN2CCN(C(=O)C3CC3)CC2)s1. The van der Waals surface area contributed by atoms with Crippen LogP contribution in [0.1, 0.15) is 27.4 Å². The van der Waals surface area contributed by atoms with Crippen molar-refractivity contribution in [3.05, 3.63) is 21.9 Å². The third kappa shape index (κ3) is 3.02. The first-order valence-corrected chi connectivity index (χ1v) is 7.78. The Balaban J connectivity index is 1.50. The van der Waals surface area contributed by atoms with Crippen LogP contribution in [-0.4, -0.2) is 53.0 Å². The second kappa shape index (κ2) is 5.54. The molecule has 1 amide bonds. The molecule has 0 aromatic carbocycles. The van der Waals surface area contributed by atoms with Crippen molar-refractivity contribution in [1.82, 2.24) is 9.80 Å². The van der Waals surface area contributed by atoms with Gasteiger partial charge in [-0.3, -0.25) is 9.69 Å². The molecule has 108 valence electrons. The Morgan fingerprint density at radius 1 is 1.20 bits per heavy atom. The average Bonchev–Trinajstić information content (AvgIpc) is 3.19. The maximum absolute atomic E-state index is 11.9. The van der Waals surface area contributed by atoms with Gasteiger partial charge in [0.15, 0.2) is 0 Å². The molecule has 0 atom stereocenters. The minimum Gasteiger partial charge on any atom is -0.477 e. The van der Waals surface area contributed by atoms with E-state index in [-0.39, 0.29) is 0 Å². The first-order valence-electron chi connectivity index (χ1n) is 6.96. The second-order valence-corrected chi connectivity index (χ2v) is 6.62. The zero-order valence-electron chi connectivity index (χ0n) is 11.2. The summed E-state index contributed by atoms with van der Waals surface area (Å²) < 4.78 is 0. The Labute approximate surface area is 121 Å². The summed E-state index contributed by atoms with van der Waals surface area (Å²) in [6.07, 6.45) is 2.12. The number of carboxylic acid groups (broad SMARTS) is 1. The van der Waals surface area contributed by atoms with E-state index in [4.69, 9.17) is 5.11 Å². The predicted octanol–water partition coefficient (Wildman–Crippen LogP) is 1.50. The number of hydrogen-bond donors (Lipinski definition) is 1. The van der Waals surface area contributed by atoms with Gasteiger partial charge in [-0.05, 0) is 25.0 Å². The Hall–Kier alpha value is -1.40. The molecule has 1 aromatic rings. The summed E-state index contributed by atoms with van der Waals surface area (Å²) in [6.45, 7) is 4.12. The summed E-state index contributed by atoms with van der Waals surface area (Å²) >= 11 is 1.33. The summed E-state index contributed by atoms with van der Waals surface area (Å²) in [6, 6.07) is 3.55. The highest BCUT2D eigenvalue weighted by Crippen LogP contribution is 2.31. The van der Waals surface area contributed by atoms with Crippen LogP contribution in [0, 0.1) is 5.92 Å². The van der Waals surface area contributed by atoms with Gasteiger partial charge >= 0.3 is 5.97 Å². The van der Waals surface area contributed by atoms with Crippen LogP contribution in [0.2, 0.25) is 0 Å². The molecule has 5 nitrogen and oxygen atoms in total. The molecule has 1 N–H and O–H groups in total. The van der Waals surface area contributed by atoms with Crippen LogP contribution in [0.4, 0.5) is 0 Å². The topological polar surface area (TPSA) is 60.9 Å². The zero-order chi connectivity index (χ0) is 14.1. The highest BCUT2D eigenvalue weighted by molar-refractivity contribution is 7.13. The maximum Gasteiger partial charge on any atom is 0.345 e. The Bertz CT molecular complexity index is 516. The molecule has 6 heteroatoms. The fraction of sp³-hybridized carbons (Fsp3) is 0.571. The van der Waals surface area contributed by atoms with E-state index in [0.29, 0.717) is 16.7 Å². The number of rotatable bonds is 4. The fourth-order valence-corrected chi connectivity index (χ4v) is 3.40. The molecular formula is C14H18N2O3S. The quantitative estimate of drug-likeness (QED) is 0.914. The highest BCUT2D eigenvalue weighted by Gasteiger charge is 2.34. The van der Waals surface area contributed by atoms with Crippen molar-refractivity contribution in [1.29, 1.82) is 0 Å². The predicted molar refractivity (Wildman–Crippen MR) is 75.9 cm³/mol. The second-order valence-electron chi connectivity index (χ2n) is 5.45. The fourth-order valence-electron chi connectivity index (χ4n) is 2.51. The van der Waals surface area contributed by atoms with E-state index < -0.39 is 5.97 Å². The molecule has 1 aliphatic heterocycles. The van der Waals surface area contributed by atoms with Crippen LogP contribution < -0.4 is 0 Å². The monoisotopic (exact) mass is 294 g/mol. The Morgan fingerprint density at radius 3 is 2.45 bits per heavy atom. The molecule has 0 radical (unpaired) electrons. The molecular weight excluding hydrogens is 276 g/mol. The summed E-state index contributed by atoms with van der Waals surface area (Å²) in [5.74, 6) is -0.230. The first-order chi connectivity index (χ1) is 9.63. The van der Waals surface area contributed by atoms with Crippen molar-refractivity contribution in [2.75, 3.05) is 26.2 Å². The number of piperazine rings is 1. The third-order valence-corrected chi connectivity index (χ3v) is 4.92. The van der Waals surface area contributed by atoms with Crippen LogP contribution in [0.3, 0.4) is 0 Å². The molecule has 20 heavy (non-hydrogen) atoms. The molecule has 1 saturated heterocycles. The van der Waals surface area contributed by atoms with Gasteiger partial charge in [0, 0.05) is 43.5 Å². The largest absolute Gasteiger partial charge is 0.477 e. The van der Waals surface area contributed by atoms with Gasteiger partial charge in [0.2, 0.25) is 5.91 Å². The summed E-state index contributed by atoms with van der Waals surface area (Å²) in [7, 11) is 0. The number of amides is 1. The maximum atomic E-state index is 11.9. The van der Waals surface area contributed by atoms with Gasteiger partial charge in [-0.1, -0.05) is 0 Å². The third-order valence-electron chi connectivity index (χ3n) is 3.86. The molecule has 0 spiro atoms. The van der Waals surface area contributed by atoms with E-state index in [1.807, 2.05) is 11.0 Å². The smallest absolute Gasteiger partial charge is 0.345 e. The summed E-state index contributed by atoms with van der Waals surface area (Å²) in [5.41, 5.74) is 0. The van der Waals surface area contributed by atoms with Crippen molar-refractivity contribution in [3.8, 4) is 0 Å². The molecule has 1 aliphatic carbocycles. The van der Waals surface area contributed by atoms with Crippen LogP contribution in [0.5, 0.6) is 0 Å². The molecule has 1 aromatic heterocycles. The highest BCUT2D eigenvalue weighted by atomic mass is 32.1. The number of carboxylic acids is 1. The minimum absolute atomic E-state index is 0.303. The lowest BCUT2D eigenvalue weighted by Crippen LogP contribution is -2.48. The first kappa shape index (κ1) is 13.6.